The van der Waals surface area contributed by atoms with E-state index in [9.17, 15) is 0 Å². The van der Waals surface area contributed by atoms with E-state index in [1.54, 1.807) is 5.56 Å². The highest BCUT2D eigenvalue weighted by Crippen LogP contribution is 2.33. The zero-order chi connectivity index (χ0) is 14.5. The van der Waals surface area contributed by atoms with Crippen molar-refractivity contribution < 1.29 is 0 Å². The van der Waals surface area contributed by atoms with Crippen LogP contribution in [0, 0.1) is 25.7 Å². The lowest BCUT2D eigenvalue weighted by molar-refractivity contribution is 0.224. The zero-order valence-electron chi connectivity index (χ0n) is 13.7. The molecule has 0 radical (unpaired) electrons. The Bertz CT molecular complexity index is 402. The van der Waals surface area contributed by atoms with Crippen LogP contribution < -0.4 is 5.32 Å². The van der Waals surface area contributed by atoms with Crippen LogP contribution in [0.4, 0.5) is 0 Å². The van der Waals surface area contributed by atoms with Gasteiger partial charge in [-0.2, -0.15) is 0 Å². The highest BCUT2D eigenvalue weighted by atomic mass is 14.9. The van der Waals surface area contributed by atoms with Crippen LogP contribution in [0.3, 0.4) is 0 Å². The standard InChI is InChI=1S/C19H31N/c1-14(2)20-13-18-11-6-5-10-17(18)12-19-15(3)8-7-9-16(19)4/h7-9,14,17-18,20H,5-6,10-13H2,1-4H3. The molecule has 0 aliphatic heterocycles. The largest absolute Gasteiger partial charge is 0.314 e. The zero-order valence-corrected chi connectivity index (χ0v) is 13.7. The van der Waals surface area contributed by atoms with Crippen molar-refractivity contribution in [1.29, 1.82) is 0 Å². The Labute approximate surface area is 125 Å². The summed E-state index contributed by atoms with van der Waals surface area (Å²) >= 11 is 0. The van der Waals surface area contributed by atoms with Gasteiger partial charge < -0.3 is 5.32 Å². The van der Waals surface area contributed by atoms with Crippen LogP contribution in [0.25, 0.3) is 0 Å². The molecule has 0 spiro atoms. The van der Waals surface area contributed by atoms with Gasteiger partial charge in [0, 0.05) is 6.04 Å². The predicted molar refractivity (Wildman–Crippen MR) is 88.2 cm³/mol. The molecule has 0 heterocycles. The number of hydrogen-bond acceptors (Lipinski definition) is 1. The van der Waals surface area contributed by atoms with Crippen LogP contribution >= 0.6 is 0 Å². The predicted octanol–water partition coefficient (Wildman–Crippen LogP) is 4.65. The average molecular weight is 273 g/mol. The molecule has 2 rings (SSSR count). The van der Waals surface area contributed by atoms with Crippen molar-refractivity contribution in [3.05, 3.63) is 34.9 Å². The van der Waals surface area contributed by atoms with Crippen molar-refractivity contribution in [3.63, 3.8) is 0 Å². The smallest absolute Gasteiger partial charge is 0.00104 e. The van der Waals surface area contributed by atoms with E-state index in [4.69, 9.17) is 0 Å². The molecule has 1 nitrogen and oxygen atoms in total. The highest BCUT2D eigenvalue weighted by Gasteiger charge is 2.25. The van der Waals surface area contributed by atoms with Gasteiger partial charge in [0.1, 0.15) is 0 Å². The molecule has 1 aliphatic carbocycles. The van der Waals surface area contributed by atoms with Crippen molar-refractivity contribution >= 4 is 0 Å². The number of rotatable bonds is 5. The maximum Gasteiger partial charge on any atom is 0.00104 e. The van der Waals surface area contributed by atoms with Gasteiger partial charge in [-0.15, -0.1) is 0 Å². The van der Waals surface area contributed by atoms with Crippen molar-refractivity contribution in [2.24, 2.45) is 11.8 Å². The first-order chi connectivity index (χ1) is 9.58. The number of nitrogens with one attached hydrogen (secondary N) is 1. The van der Waals surface area contributed by atoms with Gasteiger partial charge in [-0.05, 0) is 68.2 Å². The second kappa shape index (κ2) is 7.26. The third-order valence-electron chi connectivity index (χ3n) is 4.97. The Morgan fingerprint density at radius 2 is 1.65 bits per heavy atom. The van der Waals surface area contributed by atoms with Gasteiger partial charge in [-0.25, -0.2) is 0 Å². The van der Waals surface area contributed by atoms with Crippen molar-refractivity contribution in [2.75, 3.05) is 6.54 Å². The molecular formula is C19H31N. The topological polar surface area (TPSA) is 12.0 Å². The molecule has 1 N–H and O–H groups in total. The van der Waals surface area contributed by atoms with Crippen LogP contribution in [-0.4, -0.2) is 12.6 Å². The third-order valence-corrected chi connectivity index (χ3v) is 4.97. The van der Waals surface area contributed by atoms with Gasteiger partial charge in [-0.1, -0.05) is 44.9 Å². The summed E-state index contributed by atoms with van der Waals surface area (Å²) in [7, 11) is 0. The van der Waals surface area contributed by atoms with E-state index in [-0.39, 0.29) is 0 Å². The molecule has 1 saturated carbocycles. The summed E-state index contributed by atoms with van der Waals surface area (Å²) in [6.45, 7) is 10.2. The molecule has 112 valence electrons. The maximum atomic E-state index is 3.66. The first kappa shape index (κ1) is 15.6. The summed E-state index contributed by atoms with van der Waals surface area (Å²) in [5.41, 5.74) is 4.56. The second-order valence-corrected chi connectivity index (χ2v) is 6.94. The van der Waals surface area contributed by atoms with Gasteiger partial charge in [0.2, 0.25) is 0 Å². The van der Waals surface area contributed by atoms with Gasteiger partial charge in [0.05, 0.1) is 0 Å². The van der Waals surface area contributed by atoms with Crippen LogP contribution in [0.2, 0.25) is 0 Å². The molecule has 2 atom stereocenters. The van der Waals surface area contributed by atoms with Crippen LogP contribution in [0.5, 0.6) is 0 Å². The van der Waals surface area contributed by atoms with E-state index in [1.807, 2.05) is 0 Å². The minimum atomic E-state index is 0.609. The van der Waals surface area contributed by atoms with Gasteiger partial charge in [0.25, 0.3) is 0 Å². The lowest BCUT2D eigenvalue weighted by atomic mass is 9.75. The minimum absolute atomic E-state index is 0.609. The van der Waals surface area contributed by atoms with Crippen molar-refractivity contribution in [3.8, 4) is 0 Å². The third kappa shape index (κ3) is 4.09. The molecule has 0 aromatic heterocycles. The summed E-state index contributed by atoms with van der Waals surface area (Å²) in [5, 5.41) is 3.66. The molecule has 1 heteroatoms. The van der Waals surface area contributed by atoms with Crippen molar-refractivity contribution in [1.82, 2.24) is 5.32 Å². The molecule has 20 heavy (non-hydrogen) atoms. The van der Waals surface area contributed by atoms with E-state index in [0.717, 1.165) is 11.8 Å². The molecular weight excluding hydrogens is 242 g/mol. The first-order valence-electron chi connectivity index (χ1n) is 8.36. The lowest BCUT2D eigenvalue weighted by Gasteiger charge is -2.33. The van der Waals surface area contributed by atoms with E-state index < -0.39 is 0 Å². The van der Waals surface area contributed by atoms with Gasteiger partial charge >= 0.3 is 0 Å². The molecule has 1 fully saturated rings. The van der Waals surface area contributed by atoms with E-state index in [2.05, 4.69) is 51.2 Å². The SMILES string of the molecule is Cc1cccc(C)c1CC1CCCCC1CNC(C)C. The van der Waals surface area contributed by atoms with E-state index in [0.29, 0.717) is 6.04 Å². The van der Waals surface area contributed by atoms with E-state index in [1.165, 1.54) is 49.8 Å². The summed E-state index contributed by atoms with van der Waals surface area (Å²) < 4.78 is 0. The molecule has 0 saturated heterocycles. The Morgan fingerprint density at radius 1 is 1.05 bits per heavy atom. The minimum Gasteiger partial charge on any atom is -0.314 e. The van der Waals surface area contributed by atoms with Crippen LogP contribution in [0.15, 0.2) is 18.2 Å². The fraction of sp³-hybridized carbons (Fsp3) is 0.684. The summed E-state index contributed by atoms with van der Waals surface area (Å²) in [6.07, 6.45) is 6.96. The number of benzene rings is 1. The first-order valence-corrected chi connectivity index (χ1v) is 8.36. The lowest BCUT2D eigenvalue weighted by Crippen LogP contribution is -2.35. The molecule has 0 amide bonds. The average Bonchev–Trinajstić information content (AvgIpc) is 2.42. The Morgan fingerprint density at radius 3 is 2.25 bits per heavy atom. The van der Waals surface area contributed by atoms with Crippen molar-refractivity contribution in [2.45, 2.75) is 65.8 Å². The second-order valence-electron chi connectivity index (χ2n) is 6.94. The van der Waals surface area contributed by atoms with Gasteiger partial charge in [-0.3, -0.25) is 0 Å². The highest BCUT2D eigenvalue weighted by molar-refractivity contribution is 5.33. The fourth-order valence-electron chi connectivity index (χ4n) is 3.64. The molecule has 1 aromatic carbocycles. The normalized spacial score (nSPS) is 23.2. The van der Waals surface area contributed by atoms with E-state index >= 15 is 0 Å². The summed E-state index contributed by atoms with van der Waals surface area (Å²) in [6, 6.07) is 7.34. The number of hydrogen-bond donors (Lipinski definition) is 1. The van der Waals surface area contributed by atoms with Crippen LogP contribution in [0.1, 0.15) is 56.2 Å². The quantitative estimate of drug-likeness (QED) is 0.823. The van der Waals surface area contributed by atoms with Crippen LogP contribution in [-0.2, 0) is 6.42 Å². The molecule has 0 bridgehead atoms. The van der Waals surface area contributed by atoms with Gasteiger partial charge in [0.15, 0.2) is 0 Å². The maximum absolute atomic E-state index is 3.66. The Hall–Kier alpha value is -0.820. The summed E-state index contributed by atoms with van der Waals surface area (Å²) in [5.74, 6) is 1.74. The molecule has 2 unspecified atom stereocenters. The Kier molecular flexibility index (Phi) is 5.65. The molecule has 1 aromatic rings. The monoisotopic (exact) mass is 273 g/mol. The fourth-order valence-corrected chi connectivity index (χ4v) is 3.64. The molecule has 1 aliphatic rings. The number of aryl methyl sites for hydroxylation is 2. The summed E-state index contributed by atoms with van der Waals surface area (Å²) in [4.78, 5) is 0. The Balaban J connectivity index is 2.04.